The largest absolute Gasteiger partial charge is 0.522 e. The van der Waals surface area contributed by atoms with Gasteiger partial charge in [0.25, 0.3) is 5.91 Å². The van der Waals surface area contributed by atoms with Gasteiger partial charge in [0, 0.05) is 19.0 Å². The van der Waals surface area contributed by atoms with Gasteiger partial charge in [0.05, 0.1) is 6.04 Å². The first-order valence-electron chi connectivity index (χ1n) is 11.1. The van der Waals surface area contributed by atoms with Gasteiger partial charge < -0.3 is 20.6 Å². The molecule has 12 heteroatoms. The minimum Gasteiger partial charge on any atom is -0.383 e. The Morgan fingerprint density at radius 2 is 1.97 bits per heavy atom. The van der Waals surface area contributed by atoms with Gasteiger partial charge in [-0.1, -0.05) is 13.8 Å². The van der Waals surface area contributed by atoms with Crippen molar-refractivity contribution in [1.29, 1.82) is 0 Å². The number of amides is 3. The van der Waals surface area contributed by atoms with E-state index in [1.807, 2.05) is 0 Å². The number of nitrogens with zero attached hydrogens (tertiary/aromatic N) is 1. The highest BCUT2D eigenvalue weighted by atomic mass is 19.4. The van der Waals surface area contributed by atoms with E-state index in [4.69, 9.17) is 0 Å². The number of carbonyl (C=O) groups is 4. The summed E-state index contributed by atoms with van der Waals surface area (Å²) < 4.78 is 40.9. The van der Waals surface area contributed by atoms with Gasteiger partial charge in [-0.15, -0.1) is 13.2 Å². The second kappa shape index (κ2) is 9.57. The summed E-state index contributed by atoms with van der Waals surface area (Å²) in [5.74, 6) is -3.64. The van der Waals surface area contributed by atoms with E-state index < -0.39 is 54.7 Å². The fraction of sp³-hybridized carbons (Fsp3) is 0.810. The Bertz CT molecular complexity index is 799. The fourth-order valence-electron chi connectivity index (χ4n) is 4.46. The summed E-state index contributed by atoms with van der Waals surface area (Å²) in [5, 5.41) is 15.3. The lowest BCUT2D eigenvalue weighted by molar-refractivity contribution is -0.321. The molecule has 0 radical (unpaired) electrons. The van der Waals surface area contributed by atoms with Gasteiger partial charge in [-0.25, -0.2) is 0 Å². The van der Waals surface area contributed by atoms with Crippen molar-refractivity contribution in [1.82, 2.24) is 15.5 Å². The number of halogens is 3. The molecule has 2 heterocycles. The zero-order valence-corrected chi connectivity index (χ0v) is 18.6. The molecule has 4 atom stereocenters. The second-order valence-corrected chi connectivity index (χ2v) is 9.65. The first-order valence-corrected chi connectivity index (χ1v) is 11.1. The number of Topliss-reactive ketones (excluding diaryl/α,β-unsaturated/α-hetero) is 1. The van der Waals surface area contributed by atoms with E-state index in [0.29, 0.717) is 25.9 Å². The summed E-state index contributed by atoms with van der Waals surface area (Å²) in [7, 11) is 0. The Kier molecular flexibility index (Phi) is 7.37. The monoisotopic (exact) mass is 477 g/mol. The van der Waals surface area contributed by atoms with E-state index in [-0.39, 0.29) is 23.7 Å². The van der Waals surface area contributed by atoms with Gasteiger partial charge in [0.1, 0.15) is 18.8 Å². The lowest BCUT2D eigenvalue weighted by Crippen LogP contribution is -2.54. The molecule has 0 aromatic rings. The third-order valence-electron chi connectivity index (χ3n) is 6.70. The number of ether oxygens (including phenoxy) is 1. The zero-order chi connectivity index (χ0) is 24.6. The highest BCUT2D eigenvalue weighted by Gasteiger charge is 2.56. The quantitative estimate of drug-likeness (QED) is 0.444. The molecule has 2 unspecified atom stereocenters. The van der Waals surface area contributed by atoms with Crippen molar-refractivity contribution in [3.05, 3.63) is 0 Å². The molecule has 0 aromatic carbocycles. The predicted molar refractivity (Wildman–Crippen MR) is 107 cm³/mol. The smallest absolute Gasteiger partial charge is 0.383 e. The molecule has 1 spiro atoms. The molecule has 1 aliphatic carbocycles. The van der Waals surface area contributed by atoms with Crippen molar-refractivity contribution in [3.63, 3.8) is 0 Å². The van der Waals surface area contributed by atoms with Crippen molar-refractivity contribution >= 4 is 23.5 Å². The number of hydrogen-bond acceptors (Lipinski definition) is 6. The van der Waals surface area contributed by atoms with Crippen LogP contribution in [-0.4, -0.2) is 77.8 Å². The highest BCUT2D eigenvalue weighted by molar-refractivity contribution is 5.95. The molecule has 3 rings (SSSR count). The lowest BCUT2D eigenvalue weighted by atomic mass is 9.95. The van der Waals surface area contributed by atoms with Crippen molar-refractivity contribution < 1.29 is 42.2 Å². The highest BCUT2D eigenvalue weighted by Crippen LogP contribution is 2.55. The van der Waals surface area contributed by atoms with Gasteiger partial charge >= 0.3 is 6.36 Å². The van der Waals surface area contributed by atoms with Crippen LogP contribution in [0.25, 0.3) is 0 Å². The summed E-state index contributed by atoms with van der Waals surface area (Å²) >= 11 is 0. The molecular weight excluding hydrogens is 447 g/mol. The number of hydrogen-bond donors (Lipinski definition) is 3. The molecule has 0 aromatic heterocycles. The molecule has 2 aliphatic heterocycles. The molecule has 3 amide bonds. The average Bonchev–Trinajstić information content (AvgIpc) is 3.19. The molecule has 3 aliphatic rings. The van der Waals surface area contributed by atoms with Crippen LogP contribution in [0.1, 0.15) is 46.0 Å². The summed E-state index contributed by atoms with van der Waals surface area (Å²) in [6.45, 7) is 2.71. The van der Waals surface area contributed by atoms with Crippen molar-refractivity contribution in [2.24, 2.45) is 17.3 Å². The third-order valence-corrected chi connectivity index (χ3v) is 6.70. The predicted octanol–water partition coefficient (Wildman–Crippen LogP) is 0.501. The van der Waals surface area contributed by atoms with Crippen LogP contribution in [0.4, 0.5) is 13.2 Å². The van der Waals surface area contributed by atoms with Gasteiger partial charge in [0.15, 0.2) is 5.78 Å². The van der Waals surface area contributed by atoms with Crippen molar-refractivity contribution in [2.45, 2.75) is 70.5 Å². The number of carbonyl (C=O) groups excluding carboxylic acids is 4. The topological polar surface area (TPSA) is 125 Å². The number of aliphatic hydroxyl groups is 1. The number of ketones is 1. The molecule has 9 nitrogen and oxygen atoms in total. The summed E-state index contributed by atoms with van der Waals surface area (Å²) in [4.78, 5) is 51.7. The molecule has 186 valence electrons. The van der Waals surface area contributed by atoms with Crippen molar-refractivity contribution in [2.75, 3.05) is 19.7 Å². The number of rotatable bonds is 9. The Morgan fingerprint density at radius 1 is 1.30 bits per heavy atom. The second-order valence-electron chi connectivity index (χ2n) is 9.65. The molecule has 3 N–H and O–H groups in total. The normalized spacial score (nSPS) is 25.8. The molecule has 1 saturated carbocycles. The Labute approximate surface area is 189 Å². The van der Waals surface area contributed by atoms with Crippen LogP contribution < -0.4 is 10.6 Å². The van der Waals surface area contributed by atoms with E-state index in [1.54, 1.807) is 13.8 Å². The van der Waals surface area contributed by atoms with Crippen LogP contribution in [0.2, 0.25) is 0 Å². The minimum absolute atomic E-state index is 0.169. The van der Waals surface area contributed by atoms with E-state index in [2.05, 4.69) is 15.4 Å². The Morgan fingerprint density at radius 3 is 2.48 bits per heavy atom. The molecule has 33 heavy (non-hydrogen) atoms. The zero-order valence-electron chi connectivity index (χ0n) is 18.6. The fourth-order valence-corrected chi connectivity index (χ4v) is 4.46. The Hall–Kier alpha value is -2.21. The summed E-state index contributed by atoms with van der Waals surface area (Å²) in [6, 6.07) is -2.33. The lowest BCUT2D eigenvalue weighted by Gasteiger charge is -2.29. The number of nitrogens with one attached hydrogen (secondary N) is 2. The number of aliphatic hydroxyl groups excluding tert-OH is 1. The Balaban J connectivity index is 1.74. The summed E-state index contributed by atoms with van der Waals surface area (Å²) in [6.07, 6.45) is -4.11. The maximum absolute atomic E-state index is 13.1. The van der Waals surface area contributed by atoms with Crippen LogP contribution in [0.5, 0.6) is 0 Å². The van der Waals surface area contributed by atoms with Gasteiger partial charge in [-0.3, -0.25) is 23.9 Å². The van der Waals surface area contributed by atoms with Crippen LogP contribution in [0.3, 0.4) is 0 Å². The van der Waals surface area contributed by atoms with Crippen LogP contribution >= 0.6 is 0 Å². The number of alkyl halides is 3. The summed E-state index contributed by atoms with van der Waals surface area (Å²) in [5.41, 5.74) is -0.210. The molecule has 2 saturated heterocycles. The van der Waals surface area contributed by atoms with Crippen LogP contribution in [0.15, 0.2) is 0 Å². The molecular formula is C21H30F3N3O6. The maximum Gasteiger partial charge on any atom is 0.522 e. The van der Waals surface area contributed by atoms with Gasteiger partial charge in [-0.2, -0.15) is 0 Å². The van der Waals surface area contributed by atoms with E-state index in [0.717, 1.165) is 12.8 Å². The first-order chi connectivity index (χ1) is 15.3. The molecule has 3 fully saturated rings. The van der Waals surface area contributed by atoms with E-state index in [9.17, 15) is 37.5 Å². The maximum atomic E-state index is 13.1. The minimum atomic E-state index is -5.02. The van der Waals surface area contributed by atoms with E-state index in [1.165, 1.54) is 4.90 Å². The number of likely N-dealkylation sites (tertiary alicyclic amines) is 1. The standard InChI is InChI=1S/C21H30F3N3O6/c1-11(2)16(29)19(32)27-10-20(4-5-20)8-14(27)18(31)26-13(7-12-3-6-25-17(12)30)15(28)9-33-21(22,23)24/h11-14,16,29H,3-10H2,1-2H3,(H,25,30)(H,26,31)/t12-,13?,14-,16?/m0/s1. The SMILES string of the molecule is CC(C)C(O)C(=O)N1CC2(CC2)C[C@H]1C(=O)NC(C[C@@H]1CCNC1=O)C(=O)COC(F)(F)F. The molecule has 0 bridgehead atoms. The third kappa shape index (κ3) is 6.23. The first kappa shape index (κ1) is 25.4. The average molecular weight is 477 g/mol. The van der Waals surface area contributed by atoms with Crippen molar-refractivity contribution in [3.8, 4) is 0 Å². The van der Waals surface area contributed by atoms with Gasteiger partial charge in [0.2, 0.25) is 11.8 Å². The van der Waals surface area contributed by atoms with Crippen LogP contribution in [-0.2, 0) is 23.9 Å². The van der Waals surface area contributed by atoms with Gasteiger partial charge in [-0.05, 0) is 43.4 Å². The van der Waals surface area contributed by atoms with E-state index >= 15 is 0 Å². The van der Waals surface area contributed by atoms with Crippen LogP contribution in [0, 0.1) is 17.3 Å².